The fourth-order valence-electron chi connectivity index (χ4n) is 1.60. The third-order valence-electron chi connectivity index (χ3n) is 2.63. The standard InChI is InChI=1S/C14H22N2O4S/c1-10-5-7-11(8-6-10)21(19,20)16-12(9-17)13(18)15-14(2,3)4/h5-8,12,16-17H,9H2,1-4H3,(H,15,18)/t12-/m0/s1. The molecule has 0 aliphatic heterocycles. The molecule has 118 valence electrons. The van der Waals surface area contributed by atoms with Crippen molar-refractivity contribution in [2.24, 2.45) is 0 Å². The molecule has 0 unspecified atom stereocenters. The van der Waals surface area contributed by atoms with Gasteiger partial charge in [0.2, 0.25) is 15.9 Å². The minimum absolute atomic E-state index is 0.0510. The van der Waals surface area contributed by atoms with Gasteiger partial charge in [-0.15, -0.1) is 0 Å². The summed E-state index contributed by atoms with van der Waals surface area (Å²) in [6.45, 7) is 6.54. The molecule has 1 amide bonds. The summed E-state index contributed by atoms with van der Waals surface area (Å²) in [5.41, 5.74) is 0.415. The Bertz CT molecular complexity index is 588. The molecule has 0 radical (unpaired) electrons. The Labute approximate surface area is 125 Å². The summed E-state index contributed by atoms with van der Waals surface area (Å²) in [6.07, 6.45) is 0. The van der Waals surface area contributed by atoms with E-state index < -0.39 is 34.1 Å². The van der Waals surface area contributed by atoms with Crippen LogP contribution in [0.2, 0.25) is 0 Å². The average Bonchev–Trinajstić information content (AvgIpc) is 2.34. The van der Waals surface area contributed by atoms with Gasteiger partial charge in [0.25, 0.3) is 0 Å². The lowest BCUT2D eigenvalue weighted by Gasteiger charge is -2.24. The van der Waals surface area contributed by atoms with Crippen molar-refractivity contribution in [3.63, 3.8) is 0 Å². The van der Waals surface area contributed by atoms with Crippen LogP contribution in [-0.2, 0) is 14.8 Å². The molecule has 0 aromatic heterocycles. The number of aliphatic hydroxyl groups excluding tert-OH is 1. The van der Waals surface area contributed by atoms with E-state index in [1.807, 2.05) is 6.92 Å². The fraction of sp³-hybridized carbons (Fsp3) is 0.500. The van der Waals surface area contributed by atoms with E-state index >= 15 is 0 Å². The predicted molar refractivity (Wildman–Crippen MR) is 80.3 cm³/mol. The zero-order valence-electron chi connectivity index (χ0n) is 12.7. The highest BCUT2D eigenvalue weighted by Crippen LogP contribution is 2.11. The Balaban J connectivity index is 2.90. The maximum Gasteiger partial charge on any atom is 0.241 e. The van der Waals surface area contributed by atoms with Gasteiger partial charge in [0.05, 0.1) is 11.5 Å². The Hall–Kier alpha value is -1.44. The summed E-state index contributed by atoms with van der Waals surface area (Å²) in [6, 6.07) is 5.01. The normalized spacial score (nSPS) is 13.8. The van der Waals surface area contributed by atoms with Crippen molar-refractivity contribution in [2.75, 3.05) is 6.61 Å². The summed E-state index contributed by atoms with van der Waals surface area (Å²) < 4.78 is 26.6. The predicted octanol–water partition coefficient (Wildman–Crippen LogP) is 0.549. The maximum atomic E-state index is 12.2. The fourth-order valence-corrected chi connectivity index (χ4v) is 2.79. The number of sulfonamides is 1. The van der Waals surface area contributed by atoms with E-state index in [1.165, 1.54) is 12.1 Å². The first-order chi connectivity index (χ1) is 9.55. The Morgan fingerprint density at radius 3 is 2.19 bits per heavy atom. The number of carbonyl (C=O) groups is 1. The van der Waals surface area contributed by atoms with Crippen LogP contribution >= 0.6 is 0 Å². The second-order valence-corrected chi connectivity index (χ2v) is 7.62. The first kappa shape index (κ1) is 17.6. The van der Waals surface area contributed by atoms with Gasteiger partial charge in [-0.3, -0.25) is 4.79 Å². The number of rotatable bonds is 5. The molecule has 0 bridgehead atoms. The first-order valence-corrected chi connectivity index (χ1v) is 8.05. The number of hydrogen-bond donors (Lipinski definition) is 3. The van der Waals surface area contributed by atoms with E-state index in [0.29, 0.717) is 0 Å². The Morgan fingerprint density at radius 2 is 1.76 bits per heavy atom. The van der Waals surface area contributed by atoms with Gasteiger partial charge in [0.15, 0.2) is 0 Å². The largest absolute Gasteiger partial charge is 0.394 e. The molecule has 0 heterocycles. The van der Waals surface area contributed by atoms with Gasteiger partial charge in [0.1, 0.15) is 6.04 Å². The maximum absolute atomic E-state index is 12.2. The number of amides is 1. The zero-order chi connectivity index (χ0) is 16.3. The van der Waals surface area contributed by atoms with Crippen LogP contribution in [0.15, 0.2) is 29.2 Å². The molecule has 0 spiro atoms. The molecular weight excluding hydrogens is 292 g/mol. The molecule has 1 aromatic carbocycles. The van der Waals surface area contributed by atoms with Crippen LogP contribution in [0.25, 0.3) is 0 Å². The van der Waals surface area contributed by atoms with Crippen LogP contribution in [-0.4, -0.2) is 37.6 Å². The van der Waals surface area contributed by atoms with Gasteiger partial charge in [0, 0.05) is 5.54 Å². The molecule has 0 saturated carbocycles. The minimum Gasteiger partial charge on any atom is -0.394 e. The van der Waals surface area contributed by atoms with Gasteiger partial charge in [-0.1, -0.05) is 17.7 Å². The Kier molecular flexibility index (Phi) is 5.49. The molecule has 0 fully saturated rings. The number of hydrogen-bond acceptors (Lipinski definition) is 4. The summed E-state index contributed by atoms with van der Waals surface area (Å²) in [4.78, 5) is 12.0. The molecule has 1 rings (SSSR count). The summed E-state index contributed by atoms with van der Waals surface area (Å²) in [7, 11) is -3.86. The Morgan fingerprint density at radius 1 is 1.24 bits per heavy atom. The number of aryl methyl sites for hydroxylation is 1. The molecule has 21 heavy (non-hydrogen) atoms. The molecule has 0 saturated heterocycles. The van der Waals surface area contributed by atoms with E-state index in [0.717, 1.165) is 5.56 Å². The van der Waals surface area contributed by atoms with E-state index in [2.05, 4.69) is 10.0 Å². The highest BCUT2D eigenvalue weighted by molar-refractivity contribution is 7.89. The lowest BCUT2D eigenvalue weighted by molar-refractivity contribution is -0.125. The highest BCUT2D eigenvalue weighted by Gasteiger charge is 2.27. The molecule has 1 atom stereocenters. The molecule has 1 aromatic rings. The van der Waals surface area contributed by atoms with Gasteiger partial charge < -0.3 is 10.4 Å². The van der Waals surface area contributed by atoms with Gasteiger partial charge in [-0.05, 0) is 39.8 Å². The number of nitrogens with one attached hydrogen (secondary N) is 2. The third-order valence-corrected chi connectivity index (χ3v) is 4.11. The summed E-state index contributed by atoms with van der Waals surface area (Å²) >= 11 is 0. The summed E-state index contributed by atoms with van der Waals surface area (Å²) in [5.74, 6) is -0.569. The lowest BCUT2D eigenvalue weighted by Crippen LogP contribution is -2.53. The van der Waals surface area contributed by atoms with E-state index in [4.69, 9.17) is 0 Å². The van der Waals surface area contributed by atoms with Gasteiger partial charge >= 0.3 is 0 Å². The van der Waals surface area contributed by atoms with Crippen molar-refractivity contribution in [2.45, 2.75) is 44.2 Å². The van der Waals surface area contributed by atoms with Crippen molar-refractivity contribution < 1.29 is 18.3 Å². The van der Waals surface area contributed by atoms with Gasteiger partial charge in [-0.2, -0.15) is 4.72 Å². The number of aliphatic hydroxyl groups is 1. The first-order valence-electron chi connectivity index (χ1n) is 6.57. The van der Waals surface area contributed by atoms with Crippen LogP contribution in [0.3, 0.4) is 0 Å². The van der Waals surface area contributed by atoms with Crippen LogP contribution in [0, 0.1) is 6.92 Å². The third kappa shape index (κ3) is 5.45. The monoisotopic (exact) mass is 314 g/mol. The van der Waals surface area contributed by atoms with Crippen molar-refractivity contribution in [1.29, 1.82) is 0 Å². The molecule has 3 N–H and O–H groups in total. The minimum atomic E-state index is -3.86. The lowest BCUT2D eigenvalue weighted by atomic mass is 10.1. The highest BCUT2D eigenvalue weighted by atomic mass is 32.2. The molecule has 6 nitrogen and oxygen atoms in total. The van der Waals surface area contributed by atoms with E-state index in [1.54, 1.807) is 32.9 Å². The van der Waals surface area contributed by atoms with Gasteiger partial charge in [-0.25, -0.2) is 8.42 Å². The second kappa shape index (κ2) is 6.55. The van der Waals surface area contributed by atoms with Crippen LogP contribution in [0.5, 0.6) is 0 Å². The van der Waals surface area contributed by atoms with Crippen molar-refractivity contribution in [3.05, 3.63) is 29.8 Å². The molecular formula is C14H22N2O4S. The number of benzene rings is 1. The van der Waals surface area contributed by atoms with Crippen molar-refractivity contribution in [3.8, 4) is 0 Å². The molecule has 0 aliphatic rings. The SMILES string of the molecule is Cc1ccc(S(=O)(=O)N[C@@H](CO)C(=O)NC(C)(C)C)cc1. The smallest absolute Gasteiger partial charge is 0.241 e. The second-order valence-electron chi connectivity index (χ2n) is 5.91. The van der Waals surface area contributed by atoms with Crippen molar-refractivity contribution in [1.82, 2.24) is 10.0 Å². The van der Waals surface area contributed by atoms with Crippen LogP contribution in [0.1, 0.15) is 26.3 Å². The average molecular weight is 314 g/mol. The zero-order valence-corrected chi connectivity index (χ0v) is 13.5. The van der Waals surface area contributed by atoms with Crippen LogP contribution < -0.4 is 10.0 Å². The molecule has 7 heteroatoms. The molecule has 0 aliphatic carbocycles. The van der Waals surface area contributed by atoms with E-state index in [9.17, 15) is 18.3 Å². The van der Waals surface area contributed by atoms with Crippen molar-refractivity contribution >= 4 is 15.9 Å². The summed E-state index contributed by atoms with van der Waals surface area (Å²) in [5, 5.41) is 11.9. The number of carbonyl (C=O) groups excluding carboxylic acids is 1. The quantitative estimate of drug-likeness (QED) is 0.739. The van der Waals surface area contributed by atoms with E-state index in [-0.39, 0.29) is 4.90 Å². The van der Waals surface area contributed by atoms with Crippen LogP contribution in [0.4, 0.5) is 0 Å². The topological polar surface area (TPSA) is 95.5 Å².